The molecule has 2 N–H and O–H groups in total. The number of nitrogens with two attached hydrogens (primary N) is 1. The number of rotatable bonds is 5. The van der Waals surface area contributed by atoms with E-state index in [1.54, 1.807) is 12.1 Å². The normalized spacial score (nSPS) is 14.9. The van der Waals surface area contributed by atoms with Crippen molar-refractivity contribution in [1.82, 2.24) is 0 Å². The summed E-state index contributed by atoms with van der Waals surface area (Å²) >= 11 is 0. The van der Waals surface area contributed by atoms with E-state index in [9.17, 15) is 4.39 Å². The van der Waals surface area contributed by atoms with Gasteiger partial charge in [0.1, 0.15) is 5.82 Å². The van der Waals surface area contributed by atoms with Crippen molar-refractivity contribution in [2.75, 3.05) is 6.61 Å². The molecular weight excluding hydrogens is 193 g/mol. The molecule has 2 nitrogen and oxygen atoms in total. The summed E-state index contributed by atoms with van der Waals surface area (Å²) in [5, 5.41) is 0. The summed E-state index contributed by atoms with van der Waals surface area (Å²) < 4.78 is 18.3. The summed E-state index contributed by atoms with van der Waals surface area (Å²) in [6.45, 7) is 4.55. The molecule has 0 saturated carbocycles. The molecule has 0 spiro atoms. The molecule has 3 heteroatoms. The molecular formula is C12H18FNO. The van der Waals surface area contributed by atoms with E-state index in [0.29, 0.717) is 6.61 Å². The van der Waals surface area contributed by atoms with Crippen LogP contribution in [-0.4, -0.2) is 12.6 Å². The van der Waals surface area contributed by atoms with E-state index in [4.69, 9.17) is 10.5 Å². The lowest BCUT2D eigenvalue weighted by Crippen LogP contribution is -2.29. The van der Waals surface area contributed by atoms with E-state index in [-0.39, 0.29) is 18.0 Å². The van der Waals surface area contributed by atoms with Crippen molar-refractivity contribution >= 4 is 0 Å². The summed E-state index contributed by atoms with van der Waals surface area (Å²) in [4.78, 5) is 0. The fraction of sp³-hybridized carbons (Fsp3) is 0.500. The van der Waals surface area contributed by atoms with Crippen LogP contribution in [0.3, 0.4) is 0 Å². The Bertz CT molecular complexity index is 286. The molecule has 0 aliphatic carbocycles. The standard InChI is InChI=1S/C12H18FNO/c1-3-11(14)12(15-4-2)9-5-7-10(13)8-6-9/h5-8,11-12H,3-4,14H2,1-2H3. The molecule has 2 atom stereocenters. The topological polar surface area (TPSA) is 35.2 Å². The molecule has 2 unspecified atom stereocenters. The maximum Gasteiger partial charge on any atom is 0.123 e. The van der Waals surface area contributed by atoms with Crippen LogP contribution in [0.5, 0.6) is 0 Å². The number of hydrogen-bond acceptors (Lipinski definition) is 2. The Labute approximate surface area is 90.2 Å². The van der Waals surface area contributed by atoms with Gasteiger partial charge in [-0.15, -0.1) is 0 Å². The van der Waals surface area contributed by atoms with Gasteiger partial charge < -0.3 is 10.5 Å². The average molecular weight is 211 g/mol. The van der Waals surface area contributed by atoms with Gasteiger partial charge in [-0.3, -0.25) is 0 Å². The Morgan fingerprint density at radius 3 is 2.33 bits per heavy atom. The van der Waals surface area contributed by atoms with Crippen molar-refractivity contribution < 1.29 is 9.13 Å². The van der Waals surface area contributed by atoms with Gasteiger partial charge in [-0.2, -0.15) is 0 Å². The largest absolute Gasteiger partial charge is 0.372 e. The molecule has 15 heavy (non-hydrogen) atoms. The maximum absolute atomic E-state index is 12.7. The predicted molar refractivity (Wildman–Crippen MR) is 59.0 cm³/mol. The molecule has 0 radical (unpaired) electrons. The summed E-state index contributed by atoms with van der Waals surface area (Å²) in [6, 6.07) is 6.28. The van der Waals surface area contributed by atoms with Gasteiger partial charge in [0, 0.05) is 12.6 Å². The van der Waals surface area contributed by atoms with E-state index in [1.807, 2.05) is 13.8 Å². The maximum atomic E-state index is 12.7. The van der Waals surface area contributed by atoms with E-state index >= 15 is 0 Å². The number of benzene rings is 1. The second-order valence-electron chi connectivity index (χ2n) is 3.50. The van der Waals surface area contributed by atoms with Gasteiger partial charge in [-0.25, -0.2) is 4.39 Å². The Morgan fingerprint density at radius 1 is 1.27 bits per heavy atom. The molecule has 0 amide bonds. The summed E-state index contributed by atoms with van der Waals surface area (Å²) in [5.41, 5.74) is 6.89. The molecule has 84 valence electrons. The number of ether oxygens (including phenoxy) is 1. The minimum Gasteiger partial charge on any atom is -0.372 e. The summed E-state index contributed by atoms with van der Waals surface area (Å²) in [6.07, 6.45) is 0.697. The molecule has 0 fully saturated rings. The minimum absolute atomic E-state index is 0.0459. The first-order valence-electron chi connectivity index (χ1n) is 5.31. The van der Waals surface area contributed by atoms with Crippen LogP contribution in [-0.2, 0) is 4.74 Å². The van der Waals surface area contributed by atoms with Crippen LogP contribution in [0.15, 0.2) is 24.3 Å². The van der Waals surface area contributed by atoms with Crippen molar-refractivity contribution in [2.24, 2.45) is 5.73 Å². The van der Waals surface area contributed by atoms with Crippen LogP contribution in [0.25, 0.3) is 0 Å². The molecule has 0 aliphatic heterocycles. The van der Waals surface area contributed by atoms with Crippen LogP contribution in [0.2, 0.25) is 0 Å². The third-order valence-corrected chi connectivity index (χ3v) is 2.41. The monoisotopic (exact) mass is 211 g/mol. The average Bonchev–Trinajstić information content (AvgIpc) is 2.26. The van der Waals surface area contributed by atoms with Crippen molar-refractivity contribution in [2.45, 2.75) is 32.4 Å². The SMILES string of the molecule is CCOC(c1ccc(F)cc1)C(N)CC. The molecule has 0 aromatic heterocycles. The molecule has 0 bridgehead atoms. The highest BCUT2D eigenvalue weighted by Gasteiger charge is 2.18. The van der Waals surface area contributed by atoms with Crippen LogP contribution in [0.1, 0.15) is 31.9 Å². The molecule has 0 saturated heterocycles. The smallest absolute Gasteiger partial charge is 0.123 e. The van der Waals surface area contributed by atoms with Gasteiger partial charge in [-0.05, 0) is 31.0 Å². The van der Waals surface area contributed by atoms with E-state index in [2.05, 4.69) is 0 Å². The van der Waals surface area contributed by atoms with Gasteiger partial charge in [-0.1, -0.05) is 19.1 Å². The second-order valence-corrected chi connectivity index (χ2v) is 3.50. The van der Waals surface area contributed by atoms with Crippen molar-refractivity contribution in [1.29, 1.82) is 0 Å². The van der Waals surface area contributed by atoms with E-state index in [0.717, 1.165) is 12.0 Å². The number of halogens is 1. The van der Waals surface area contributed by atoms with Crippen LogP contribution in [0.4, 0.5) is 4.39 Å². The molecule has 1 aromatic carbocycles. The predicted octanol–water partition coefficient (Wildman–Crippen LogP) is 2.64. The van der Waals surface area contributed by atoms with Gasteiger partial charge in [0.2, 0.25) is 0 Å². The van der Waals surface area contributed by atoms with Gasteiger partial charge in [0.05, 0.1) is 6.10 Å². The lowest BCUT2D eigenvalue weighted by Gasteiger charge is -2.23. The molecule has 1 rings (SSSR count). The van der Waals surface area contributed by atoms with Crippen LogP contribution >= 0.6 is 0 Å². The number of hydrogen-bond donors (Lipinski definition) is 1. The van der Waals surface area contributed by atoms with Crippen molar-refractivity contribution in [3.05, 3.63) is 35.6 Å². The van der Waals surface area contributed by atoms with Crippen LogP contribution < -0.4 is 5.73 Å². The molecule has 1 aromatic rings. The van der Waals surface area contributed by atoms with Gasteiger partial charge >= 0.3 is 0 Å². The minimum atomic E-state index is -0.237. The fourth-order valence-corrected chi connectivity index (χ4v) is 1.51. The fourth-order valence-electron chi connectivity index (χ4n) is 1.51. The first kappa shape index (κ1) is 12.1. The van der Waals surface area contributed by atoms with Gasteiger partial charge in [0.25, 0.3) is 0 Å². The third-order valence-electron chi connectivity index (χ3n) is 2.41. The lowest BCUT2D eigenvalue weighted by atomic mass is 10.0. The van der Waals surface area contributed by atoms with Crippen LogP contribution in [0, 0.1) is 5.82 Å². The van der Waals surface area contributed by atoms with Crippen molar-refractivity contribution in [3.8, 4) is 0 Å². The van der Waals surface area contributed by atoms with E-state index < -0.39 is 0 Å². The first-order valence-corrected chi connectivity index (χ1v) is 5.31. The Balaban J connectivity index is 2.83. The van der Waals surface area contributed by atoms with Crippen molar-refractivity contribution in [3.63, 3.8) is 0 Å². The highest BCUT2D eigenvalue weighted by atomic mass is 19.1. The third kappa shape index (κ3) is 3.29. The summed E-state index contributed by atoms with van der Waals surface area (Å²) in [5.74, 6) is -0.237. The highest BCUT2D eigenvalue weighted by molar-refractivity contribution is 5.20. The quantitative estimate of drug-likeness (QED) is 0.812. The highest BCUT2D eigenvalue weighted by Crippen LogP contribution is 2.22. The Kier molecular flexibility index (Phi) is 4.72. The Hall–Kier alpha value is -0.930. The summed E-state index contributed by atoms with van der Waals surface area (Å²) in [7, 11) is 0. The first-order chi connectivity index (χ1) is 7.19. The van der Waals surface area contributed by atoms with Gasteiger partial charge in [0.15, 0.2) is 0 Å². The molecule has 0 aliphatic rings. The lowest BCUT2D eigenvalue weighted by molar-refractivity contribution is 0.0423. The zero-order valence-electron chi connectivity index (χ0n) is 9.24. The zero-order chi connectivity index (χ0) is 11.3. The Morgan fingerprint density at radius 2 is 1.87 bits per heavy atom. The zero-order valence-corrected chi connectivity index (χ0v) is 9.24. The van der Waals surface area contributed by atoms with E-state index in [1.165, 1.54) is 12.1 Å². The molecule has 0 heterocycles. The second kappa shape index (κ2) is 5.83.